The maximum atomic E-state index is 13.4. The van der Waals surface area contributed by atoms with Gasteiger partial charge in [-0.3, -0.25) is 9.59 Å². The molecule has 0 saturated heterocycles. The van der Waals surface area contributed by atoms with Crippen molar-refractivity contribution in [2.45, 2.75) is 26.5 Å². The van der Waals surface area contributed by atoms with Gasteiger partial charge in [-0.05, 0) is 67.3 Å². The second kappa shape index (κ2) is 7.76. The molecule has 4 nitrogen and oxygen atoms in total. The minimum atomic E-state index is -0.287. The lowest BCUT2D eigenvalue weighted by atomic mass is 10.0. The fourth-order valence-corrected chi connectivity index (χ4v) is 4.35. The number of hydrogen-bond donors (Lipinski definition) is 0. The zero-order valence-electron chi connectivity index (χ0n) is 16.6. The average molecular weight is 404 g/mol. The maximum absolute atomic E-state index is 13.4. The Morgan fingerprint density at radius 3 is 2.41 bits per heavy atom. The van der Waals surface area contributed by atoms with E-state index in [-0.39, 0.29) is 11.8 Å². The fourth-order valence-electron chi connectivity index (χ4n) is 3.33. The molecule has 2 aromatic carbocycles. The summed E-state index contributed by atoms with van der Waals surface area (Å²) in [6.07, 6.45) is 1.61. The summed E-state index contributed by atoms with van der Waals surface area (Å²) >= 11 is 1.34. The number of nitrogens with zero attached hydrogens (tertiary/aromatic N) is 1. The number of imide groups is 1. The van der Waals surface area contributed by atoms with Gasteiger partial charge in [0.2, 0.25) is 0 Å². The second-order valence-electron chi connectivity index (χ2n) is 7.16. The normalized spacial score (nSPS) is 14.2. The molecule has 1 aliphatic heterocycles. The van der Waals surface area contributed by atoms with Gasteiger partial charge in [0.25, 0.3) is 11.8 Å². The lowest BCUT2D eigenvalue weighted by Gasteiger charge is -2.16. The lowest BCUT2D eigenvalue weighted by Crippen LogP contribution is -2.31. The van der Waals surface area contributed by atoms with E-state index in [2.05, 4.69) is 0 Å². The Kier molecular flexibility index (Phi) is 5.16. The molecule has 146 valence electrons. The van der Waals surface area contributed by atoms with Crippen molar-refractivity contribution in [2.24, 2.45) is 0 Å². The lowest BCUT2D eigenvalue weighted by molar-refractivity contribution is -0.119. The zero-order chi connectivity index (χ0) is 20.5. The SMILES string of the molecule is Cc1cccc(N2C(=O)C(SCc3ccco3)=C(c3ccc(C)c(C)c3)C2=O)c1. The molecule has 0 atom stereocenters. The number of furan rings is 1. The molecule has 29 heavy (non-hydrogen) atoms. The van der Waals surface area contributed by atoms with E-state index in [9.17, 15) is 9.59 Å². The van der Waals surface area contributed by atoms with E-state index in [0.29, 0.717) is 21.9 Å². The number of carbonyl (C=O) groups is 2. The third kappa shape index (κ3) is 3.66. The summed E-state index contributed by atoms with van der Waals surface area (Å²) in [4.78, 5) is 28.5. The van der Waals surface area contributed by atoms with Crippen molar-refractivity contribution >= 4 is 34.8 Å². The highest BCUT2D eigenvalue weighted by molar-refractivity contribution is 8.03. The molecule has 0 N–H and O–H groups in total. The maximum Gasteiger partial charge on any atom is 0.272 e. The number of amides is 2. The Labute approximate surface area is 174 Å². The van der Waals surface area contributed by atoms with Crippen LogP contribution in [-0.4, -0.2) is 11.8 Å². The second-order valence-corrected chi connectivity index (χ2v) is 8.14. The Bertz CT molecular complexity index is 1130. The van der Waals surface area contributed by atoms with E-state index in [4.69, 9.17) is 4.42 Å². The van der Waals surface area contributed by atoms with Gasteiger partial charge in [0.1, 0.15) is 5.76 Å². The van der Waals surface area contributed by atoms with Crippen LogP contribution in [0.1, 0.15) is 28.0 Å². The molecule has 0 fully saturated rings. The molecule has 2 amide bonds. The Morgan fingerprint density at radius 1 is 0.897 bits per heavy atom. The molecule has 3 aromatic rings. The molecule has 1 aliphatic rings. The molecule has 0 radical (unpaired) electrons. The van der Waals surface area contributed by atoms with Crippen LogP contribution in [0.15, 0.2) is 70.2 Å². The van der Waals surface area contributed by atoms with Crippen LogP contribution < -0.4 is 4.90 Å². The number of thioether (sulfide) groups is 1. The van der Waals surface area contributed by atoms with E-state index in [0.717, 1.165) is 28.0 Å². The van der Waals surface area contributed by atoms with Gasteiger partial charge >= 0.3 is 0 Å². The minimum Gasteiger partial charge on any atom is -0.468 e. The minimum absolute atomic E-state index is 0.286. The summed E-state index contributed by atoms with van der Waals surface area (Å²) in [5.41, 5.74) is 5.04. The first-order valence-corrected chi connectivity index (χ1v) is 10.4. The zero-order valence-corrected chi connectivity index (χ0v) is 17.4. The predicted molar refractivity (Wildman–Crippen MR) is 117 cm³/mol. The molecule has 0 aliphatic carbocycles. The summed E-state index contributed by atoms with van der Waals surface area (Å²) < 4.78 is 5.41. The average Bonchev–Trinajstić information content (AvgIpc) is 3.28. The van der Waals surface area contributed by atoms with Crippen LogP contribution in [0.25, 0.3) is 5.57 Å². The number of anilines is 1. The summed E-state index contributed by atoms with van der Waals surface area (Å²) in [6.45, 7) is 5.98. The molecule has 0 spiro atoms. The van der Waals surface area contributed by atoms with Crippen LogP contribution in [-0.2, 0) is 15.3 Å². The number of hydrogen-bond acceptors (Lipinski definition) is 4. The molecule has 1 aromatic heterocycles. The third-order valence-corrected chi connectivity index (χ3v) is 6.13. The van der Waals surface area contributed by atoms with Gasteiger partial charge in [0.05, 0.1) is 28.2 Å². The van der Waals surface area contributed by atoms with Crippen LogP contribution in [0.5, 0.6) is 0 Å². The standard InChI is InChI=1S/C24H21NO3S/c1-15-6-4-7-19(12-15)25-23(26)21(18-10-9-16(2)17(3)13-18)22(24(25)27)29-14-20-8-5-11-28-20/h4-13H,14H2,1-3H3. The van der Waals surface area contributed by atoms with Gasteiger partial charge in [-0.2, -0.15) is 0 Å². The van der Waals surface area contributed by atoms with E-state index < -0.39 is 0 Å². The number of aryl methyl sites for hydroxylation is 3. The molecular weight excluding hydrogens is 382 g/mol. The van der Waals surface area contributed by atoms with E-state index in [1.165, 1.54) is 16.7 Å². The molecule has 5 heteroatoms. The van der Waals surface area contributed by atoms with Crippen molar-refractivity contribution in [1.82, 2.24) is 0 Å². The molecular formula is C24H21NO3S. The molecule has 2 heterocycles. The first-order chi connectivity index (χ1) is 14.0. The van der Waals surface area contributed by atoms with Crippen molar-refractivity contribution in [3.05, 3.63) is 93.8 Å². The van der Waals surface area contributed by atoms with E-state index in [1.54, 1.807) is 12.3 Å². The molecule has 0 unspecified atom stereocenters. The van der Waals surface area contributed by atoms with Gasteiger partial charge in [-0.1, -0.05) is 30.3 Å². The first kappa shape index (κ1) is 19.3. The van der Waals surface area contributed by atoms with Crippen LogP contribution in [0.3, 0.4) is 0 Å². The van der Waals surface area contributed by atoms with Gasteiger partial charge in [-0.25, -0.2) is 4.90 Å². The Hall–Kier alpha value is -3.05. The highest BCUT2D eigenvalue weighted by Crippen LogP contribution is 2.40. The van der Waals surface area contributed by atoms with Gasteiger partial charge in [-0.15, -0.1) is 11.8 Å². The number of rotatable bonds is 5. The summed E-state index contributed by atoms with van der Waals surface area (Å²) in [5.74, 6) is 0.671. The molecule has 0 bridgehead atoms. The monoisotopic (exact) mass is 403 g/mol. The van der Waals surface area contributed by atoms with Crippen molar-refractivity contribution in [3.8, 4) is 0 Å². The fraction of sp³-hybridized carbons (Fsp3) is 0.167. The predicted octanol–water partition coefficient (Wildman–Crippen LogP) is 5.42. The van der Waals surface area contributed by atoms with Crippen molar-refractivity contribution < 1.29 is 14.0 Å². The number of carbonyl (C=O) groups excluding carboxylic acids is 2. The summed E-state index contributed by atoms with van der Waals surface area (Å²) in [5, 5.41) is 0. The summed E-state index contributed by atoms with van der Waals surface area (Å²) in [6, 6.07) is 17.0. The number of benzene rings is 2. The van der Waals surface area contributed by atoms with Gasteiger partial charge in [0, 0.05) is 0 Å². The van der Waals surface area contributed by atoms with Crippen LogP contribution in [0.4, 0.5) is 5.69 Å². The Balaban J connectivity index is 1.78. The third-order valence-electron chi connectivity index (χ3n) is 5.04. The van der Waals surface area contributed by atoms with E-state index in [1.807, 2.05) is 69.3 Å². The van der Waals surface area contributed by atoms with E-state index >= 15 is 0 Å². The molecule has 4 rings (SSSR count). The topological polar surface area (TPSA) is 50.5 Å². The first-order valence-electron chi connectivity index (χ1n) is 9.38. The highest BCUT2D eigenvalue weighted by Gasteiger charge is 2.40. The van der Waals surface area contributed by atoms with Crippen LogP contribution >= 0.6 is 11.8 Å². The largest absolute Gasteiger partial charge is 0.468 e. The van der Waals surface area contributed by atoms with Crippen LogP contribution in [0.2, 0.25) is 0 Å². The summed E-state index contributed by atoms with van der Waals surface area (Å²) in [7, 11) is 0. The van der Waals surface area contributed by atoms with Crippen molar-refractivity contribution in [3.63, 3.8) is 0 Å². The van der Waals surface area contributed by atoms with Gasteiger partial charge in [0.15, 0.2) is 0 Å². The smallest absolute Gasteiger partial charge is 0.272 e. The van der Waals surface area contributed by atoms with Gasteiger partial charge < -0.3 is 4.42 Å². The van der Waals surface area contributed by atoms with Crippen molar-refractivity contribution in [2.75, 3.05) is 4.90 Å². The molecule has 0 saturated carbocycles. The Morgan fingerprint density at radius 2 is 1.72 bits per heavy atom. The quantitative estimate of drug-likeness (QED) is 0.534. The highest BCUT2D eigenvalue weighted by atomic mass is 32.2. The van der Waals surface area contributed by atoms with Crippen LogP contribution in [0, 0.1) is 20.8 Å². The van der Waals surface area contributed by atoms with Crippen molar-refractivity contribution in [1.29, 1.82) is 0 Å².